The van der Waals surface area contributed by atoms with Gasteiger partial charge in [0.05, 0.1) is 17.8 Å². The quantitative estimate of drug-likeness (QED) is 0.747. The number of rotatable bonds is 4. The van der Waals surface area contributed by atoms with Gasteiger partial charge in [-0.25, -0.2) is 13.6 Å². The Morgan fingerprint density at radius 2 is 1.90 bits per heavy atom. The molecule has 0 saturated heterocycles. The SMILES string of the molecule is COc1ccc(Nc2ccc(N)cc2S(N)(=O)=O)cc1Cl. The minimum atomic E-state index is -3.90. The van der Waals surface area contributed by atoms with Crippen molar-refractivity contribution in [1.29, 1.82) is 0 Å². The Morgan fingerprint density at radius 3 is 2.48 bits per heavy atom. The molecule has 0 aliphatic rings. The van der Waals surface area contributed by atoms with E-state index in [2.05, 4.69) is 5.32 Å². The summed E-state index contributed by atoms with van der Waals surface area (Å²) >= 11 is 6.02. The fourth-order valence-electron chi connectivity index (χ4n) is 1.78. The number of halogens is 1. The van der Waals surface area contributed by atoms with Gasteiger partial charge in [0.2, 0.25) is 10.0 Å². The van der Waals surface area contributed by atoms with Gasteiger partial charge in [-0.1, -0.05) is 11.6 Å². The van der Waals surface area contributed by atoms with Crippen LogP contribution in [0.5, 0.6) is 5.75 Å². The first kappa shape index (κ1) is 15.4. The fourth-order valence-corrected chi connectivity index (χ4v) is 2.76. The lowest BCUT2D eigenvalue weighted by Crippen LogP contribution is -2.14. The zero-order valence-electron chi connectivity index (χ0n) is 11.1. The molecule has 0 aromatic heterocycles. The van der Waals surface area contributed by atoms with Gasteiger partial charge < -0.3 is 15.8 Å². The van der Waals surface area contributed by atoms with Crippen molar-refractivity contribution in [3.8, 4) is 5.75 Å². The van der Waals surface area contributed by atoms with E-state index in [1.165, 1.54) is 19.2 Å². The predicted octanol–water partition coefficient (Wildman–Crippen LogP) is 2.32. The van der Waals surface area contributed by atoms with Gasteiger partial charge in [-0.2, -0.15) is 0 Å². The molecular formula is C13H14ClN3O3S. The van der Waals surface area contributed by atoms with Crippen LogP contribution in [-0.4, -0.2) is 15.5 Å². The normalized spacial score (nSPS) is 11.2. The van der Waals surface area contributed by atoms with E-state index in [9.17, 15) is 8.42 Å². The van der Waals surface area contributed by atoms with Gasteiger partial charge in [-0.3, -0.25) is 0 Å². The molecule has 0 spiro atoms. The van der Waals surface area contributed by atoms with E-state index >= 15 is 0 Å². The second-order valence-corrected chi connectivity index (χ2v) is 6.21. The van der Waals surface area contributed by atoms with Gasteiger partial charge >= 0.3 is 0 Å². The minimum Gasteiger partial charge on any atom is -0.495 e. The maximum Gasteiger partial charge on any atom is 0.240 e. The van der Waals surface area contributed by atoms with Crippen LogP contribution in [0.25, 0.3) is 0 Å². The van der Waals surface area contributed by atoms with E-state index in [1.54, 1.807) is 24.3 Å². The number of hydrogen-bond donors (Lipinski definition) is 3. The molecule has 2 rings (SSSR count). The summed E-state index contributed by atoms with van der Waals surface area (Å²) in [6.07, 6.45) is 0. The van der Waals surface area contributed by atoms with Crippen molar-refractivity contribution in [3.63, 3.8) is 0 Å². The number of benzene rings is 2. The number of anilines is 3. The maximum atomic E-state index is 11.6. The van der Waals surface area contributed by atoms with Gasteiger partial charge in [0.25, 0.3) is 0 Å². The summed E-state index contributed by atoms with van der Waals surface area (Å²) in [5, 5.41) is 8.53. The van der Waals surface area contributed by atoms with Crippen LogP contribution in [0.3, 0.4) is 0 Å². The summed E-state index contributed by atoms with van der Waals surface area (Å²) in [5.41, 5.74) is 6.80. The second kappa shape index (κ2) is 5.80. The number of primary sulfonamides is 1. The molecular weight excluding hydrogens is 314 g/mol. The van der Waals surface area contributed by atoms with Crippen LogP contribution in [0, 0.1) is 0 Å². The highest BCUT2D eigenvalue weighted by Crippen LogP contribution is 2.31. The topological polar surface area (TPSA) is 107 Å². The van der Waals surface area contributed by atoms with Gasteiger partial charge in [0.1, 0.15) is 10.6 Å². The Hall–Kier alpha value is -1.96. The van der Waals surface area contributed by atoms with Crippen molar-refractivity contribution in [2.24, 2.45) is 5.14 Å². The zero-order chi connectivity index (χ0) is 15.6. The molecule has 0 radical (unpaired) electrons. The lowest BCUT2D eigenvalue weighted by Gasteiger charge is -2.12. The van der Waals surface area contributed by atoms with Crippen LogP contribution in [0.4, 0.5) is 17.1 Å². The van der Waals surface area contributed by atoms with Crippen molar-refractivity contribution >= 4 is 38.7 Å². The number of nitrogens with one attached hydrogen (secondary N) is 1. The lowest BCUT2D eigenvalue weighted by molar-refractivity contribution is 0.415. The van der Waals surface area contributed by atoms with E-state index in [0.29, 0.717) is 27.8 Å². The molecule has 0 aliphatic carbocycles. The van der Waals surface area contributed by atoms with Gasteiger partial charge in [0, 0.05) is 11.4 Å². The number of sulfonamides is 1. The highest BCUT2D eigenvalue weighted by molar-refractivity contribution is 7.89. The van der Waals surface area contributed by atoms with Gasteiger partial charge in [-0.15, -0.1) is 0 Å². The molecule has 2 aromatic rings. The Balaban J connectivity index is 2.42. The van der Waals surface area contributed by atoms with E-state index in [1.807, 2.05) is 0 Å². The Labute approximate surface area is 127 Å². The van der Waals surface area contributed by atoms with E-state index in [4.69, 9.17) is 27.2 Å². The summed E-state index contributed by atoms with van der Waals surface area (Å²) < 4.78 is 28.3. The third-order valence-corrected chi connectivity index (χ3v) is 3.99. The third kappa shape index (κ3) is 3.57. The molecule has 5 N–H and O–H groups in total. The highest BCUT2D eigenvalue weighted by atomic mass is 35.5. The van der Waals surface area contributed by atoms with Crippen molar-refractivity contribution in [2.45, 2.75) is 4.90 Å². The average Bonchev–Trinajstić information content (AvgIpc) is 2.40. The second-order valence-electron chi connectivity index (χ2n) is 4.27. The first-order chi connectivity index (χ1) is 9.81. The largest absolute Gasteiger partial charge is 0.495 e. The molecule has 0 unspecified atom stereocenters. The molecule has 0 aliphatic heterocycles. The van der Waals surface area contributed by atoms with E-state index in [-0.39, 0.29) is 4.90 Å². The zero-order valence-corrected chi connectivity index (χ0v) is 12.7. The molecule has 8 heteroatoms. The Bertz CT molecular complexity index is 778. The first-order valence-corrected chi connectivity index (χ1v) is 7.76. The van der Waals surface area contributed by atoms with E-state index < -0.39 is 10.0 Å². The molecule has 112 valence electrons. The van der Waals surface area contributed by atoms with Gasteiger partial charge in [0.15, 0.2) is 0 Å². The Kier molecular flexibility index (Phi) is 4.26. The minimum absolute atomic E-state index is 0.0885. The van der Waals surface area contributed by atoms with Crippen LogP contribution in [-0.2, 0) is 10.0 Å². The summed E-state index contributed by atoms with van der Waals surface area (Å²) in [5.74, 6) is 0.520. The Morgan fingerprint density at radius 1 is 1.19 bits per heavy atom. The van der Waals surface area contributed by atoms with Crippen molar-refractivity contribution < 1.29 is 13.2 Å². The standard InChI is InChI=1S/C13H14ClN3O3S/c1-20-12-5-3-9(7-10(12)14)17-11-4-2-8(15)6-13(11)21(16,18)19/h2-7,17H,15H2,1H3,(H2,16,18,19). The van der Waals surface area contributed by atoms with Gasteiger partial charge in [-0.05, 0) is 36.4 Å². The maximum absolute atomic E-state index is 11.6. The average molecular weight is 328 g/mol. The first-order valence-electron chi connectivity index (χ1n) is 5.84. The van der Waals surface area contributed by atoms with Crippen LogP contribution < -0.4 is 20.9 Å². The molecule has 21 heavy (non-hydrogen) atoms. The molecule has 0 saturated carbocycles. The van der Waals surface area contributed by atoms with E-state index in [0.717, 1.165) is 0 Å². The van der Waals surface area contributed by atoms with Crippen LogP contribution >= 0.6 is 11.6 Å². The smallest absolute Gasteiger partial charge is 0.240 e. The van der Waals surface area contributed by atoms with Crippen molar-refractivity contribution in [1.82, 2.24) is 0 Å². The summed E-state index contributed by atoms with van der Waals surface area (Å²) in [4.78, 5) is -0.0885. The van der Waals surface area contributed by atoms with Crippen LogP contribution in [0.2, 0.25) is 5.02 Å². The summed E-state index contributed by atoms with van der Waals surface area (Å²) in [6.45, 7) is 0. The molecule has 6 nitrogen and oxygen atoms in total. The fraction of sp³-hybridized carbons (Fsp3) is 0.0769. The van der Waals surface area contributed by atoms with Crippen molar-refractivity contribution in [3.05, 3.63) is 41.4 Å². The number of nitrogen functional groups attached to an aromatic ring is 1. The number of nitrogens with two attached hydrogens (primary N) is 2. The molecule has 0 atom stereocenters. The molecule has 0 heterocycles. The lowest BCUT2D eigenvalue weighted by atomic mass is 10.2. The van der Waals surface area contributed by atoms with Crippen LogP contribution in [0.1, 0.15) is 0 Å². The molecule has 0 fully saturated rings. The van der Waals surface area contributed by atoms with Crippen molar-refractivity contribution in [2.75, 3.05) is 18.2 Å². The third-order valence-electron chi connectivity index (χ3n) is 2.74. The molecule has 0 bridgehead atoms. The number of ether oxygens (including phenoxy) is 1. The summed E-state index contributed by atoms with van der Waals surface area (Å²) in [6, 6.07) is 9.38. The predicted molar refractivity (Wildman–Crippen MR) is 83.5 cm³/mol. The molecule has 2 aromatic carbocycles. The van der Waals surface area contributed by atoms with Crippen LogP contribution in [0.15, 0.2) is 41.3 Å². The molecule has 0 amide bonds. The number of hydrogen-bond acceptors (Lipinski definition) is 5. The summed E-state index contributed by atoms with van der Waals surface area (Å²) in [7, 11) is -2.39. The highest BCUT2D eigenvalue weighted by Gasteiger charge is 2.15. The number of methoxy groups -OCH3 is 1. The monoisotopic (exact) mass is 327 g/mol.